The van der Waals surface area contributed by atoms with Crippen molar-refractivity contribution in [1.82, 2.24) is 5.01 Å². The number of benzene rings is 3. The molecule has 6 nitrogen and oxygen atoms in total. The van der Waals surface area contributed by atoms with Crippen molar-refractivity contribution in [3.63, 3.8) is 0 Å². The third kappa shape index (κ3) is 5.38. The van der Waals surface area contributed by atoms with Gasteiger partial charge in [0.2, 0.25) is 6.23 Å². The van der Waals surface area contributed by atoms with E-state index in [1.54, 1.807) is 7.11 Å². The maximum Gasteiger partial charge on any atom is 0.214 e. The predicted molar refractivity (Wildman–Crippen MR) is 146 cm³/mol. The second kappa shape index (κ2) is 11.6. The van der Waals surface area contributed by atoms with Gasteiger partial charge in [0, 0.05) is 17.5 Å². The Kier molecular flexibility index (Phi) is 7.83. The van der Waals surface area contributed by atoms with Gasteiger partial charge in [0.15, 0.2) is 11.5 Å². The average Bonchev–Trinajstić information content (AvgIpc) is 3.39. The zero-order valence-corrected chi connectivity index (χ0v) is 22.0. The Labute approximate surface area is 219 Å². The summed E-state index contributed by atoms with van der Waals surface area (Å²) < 4.78 is 24.0. The minimum absolute atomic E-state index is 0.0944. The molecule has 0 unspecified atom stereocenters. The predicted octanol–water partition coefficient (Wildman–Crippen LogP) is 7.30. The summed E-state index contributed by atoms with van der Waals surface area (Å²) in [6.07, 6.45) is 4.71. The third-order valence-electron chi connectivity index (χ3n) is 6.88. The number of hydrazone groups is 1. The molecule has 2 aliphatic heterocycles. The molecule has 0 amide bonds. The van der Waals surface area contributed by atoms with Crippen molar-refractivity contribution in [3.8, 4) is 23.0 Å². The van der Waals surface area contributed by atoms with Crippen molar-refractivity contribution in [2.24, 2.45) is 5.10 Å². The normalized spacial score (nSPS) is 17.9. The highest BCUT2D eigenvalue weighted by molar-refractivity contribution is 6.02. The highest BCUT2D eigenvalue weighted by Gasteiger charge is 2.41. The van der Waals surface area contributed by atoms with Crippen LogP contribution in [-0.4, -0.2) is 31.0 Å². The number of hydrogen-bond donors (Lipinski definition) is 0. The number of para-hydroxylation sites is 1. The van der Waals surface area contributed by atoms with Gasteiger partial charge in [0.1, 0.15) is 11.5 Å². The number of methoxy groups -OCH3 is 1. The van der Waals surface area contributed by atoms with Crippen LogP contribution in [0.15, 0.2) is 71.8 Å². The maximum absolute atomic E-state index is 6.53. The number of unbranched alkanes of at least 4 members (excludes halogenated alkanes) is 2. The summed E-state index contributed by atoms with van der Waals surface area (Å²) in [4.78, 5) is 0. The fourth-order valence-corrected chi connectivity index (χ4v) is 4.79. The van der Waals surface area contributed by atoms with E-state index in [-0.39, 0.29) is 12.3 Å². The molecule has 0 saturated carbocycles. The standard InChI is InChI=1S/C31H36N2O4/c1-4-6-18-35-24-15-12-22(13-16-24)26-21-27-25-10-8-9-11-28(25)37-31(33(27)32-26)23-14-17-29(30(20-23)34-3)36-19-7-5-2/h8-17,20,27,31H,4-7,18-19,21H2,1-3H3/t27-,31+/m0/s1. The van der Waals surface area contributed by atoms with E-state index in [0.29, 0.717) is 12.4 Å². The van der Waals surface area contributed by atoms with Gasteiger partial charge in [-0.25, -0.2) is 5.01 Å². The molecule has 37 heavy (non-hydrogen) atoms. The molecule has 0 aliphatic carbocycles. The Balaban J connectivity index is 1.43. The van der Waals surface area contributed by atoms with Crippen molar-refractivity contribution in [1.29, 1.82) is 0 Å². The van der Waals surface area contributed by atoms with Gasteiger partial charge in [-0.15, -0.1) is 0 Å². The SMILES string of the molecule is CCCCOc1ccc(C2=NN3[C@@H](c4ccc(OCCCC)c(OC)c4)Oc4ccccc4[C@@H]3C2)cc1. The highest BCUT2D eigenvalue weighted by atomic mass is 16.5. The molecular formula is C31H36N2O4. The lowest BCUT2D eigenvalue weighted by molar-refractivity contribution is -0.0191. The summed E-state index contributed by atoms with van der Waals surface area (Å²) in [7, 11) is 1.67. The fraction of sp³-hybridized carbons (Fsp3) is 0.387. The third-order valence-corrected chi connectivity index (χ3v) is 6.88. The lowest BCUT2D eigenvalue weighted by atomic mass is 9.96. The van der Waals surface area contributed by atoms with Gasteiger partial charge in [0.05, 0.1) is 32.1 Å². The first kappa shape index (κ1) is 25.0. The molecule has 5 rings (SSSR count). The topological polar surface area (TPSA) is 52.5 Å². The molecule has 2 aliphatic rings. The summed E-state index contributed by atoms with van der Waals surface area (Å²) in [5.74, 6) is 3.24. The molecule has 6 heteroatoms. The lowest BCUT2D eigenvalue weighted by Crippen LogP contribution is -2.33. The smallest absolute Gasteiger partial charge is 0.214 e. The van der Waals surface area contributed by atoms with E-state index < -0.39 is 0 Å². The molecule has 0 spiro atoms. The fourth-order valence-electron chi connectivity index (χ4n) is 4.79. The van der Waals surface area contributed by atoms with Crippen LogP contribution in [-0.2, 0) is 0 Å². The first-order valence-electron chi connectivity index (χ1n) is 13.4. The van der Waals surface area contributed by atoms with Gasteiger partial charge < -0.3 is 18.9 Å². The van der Waals surface area contributed by atoms with Crippen LogP contribution in [0.4, 0.5) is 0 Å². The van der Waals surface area contributed by atoms with Crippen LogP contribution >= 0.6 is 0 Å². The molecule has 3 aromatic carbocycles. The highest BCUT2D eigenvalue weighted by Crippen LogP contribution is 2.48. The molecule has 2 atom stereocenters. The van der Waals surface area contributed by atoms with Crippen molar-refractivity contribution in [3.05, 3.63) is 83.4 Å². The van der Waals surface area contributed by atoms with E-state index in [4.69, 9.17) is 24.0 Å². The molecule has 0 fully saturated rings. The zero-order valence-electron chi connectivity index (χ0n) is 22.0. The molecule has 0 aromatic heterocycles. The molecule has 0 bridgehead atoms. The van der Waals surface area contributed by atoms with E-state index in [1.165, 1.54) is 0 Å². The molecule has 194 valence electrons. The Morgan fingerprint density at radius 3 is 2.41 bits per heavy atom. The minimum Gasteiger partial charge on any atom is -0.494 e. The van der Waals surface area contributed by atoms with Gasteiger partial charge >= 0.3 is 0 Å². The Hall–Kier alpha value is -3.67. The monoisotopic (exact) mass is 500 g/mol. The Morgan fingerprint density at radius 2 is 1.65 bits per heavy atom. The quantitative estimate of drug-likeness (QED) is 0.259. The van der Waals surface area contributed by atoms with E-state index >= 15 is 0 Å². The van der Waals surface area contributed by atoms with Crippen LogP contribution in [0.1, 0.15) is 74.9 Å². The zero-order chi connectivity index (χ0) is 25.6. The van der Waals surface area contributed by atoms with Crippen molar-refractivity contribution >= 4 is 5.71 Å². The number of nitrogens with zero attached hydrogens (tertiary/aromatic N) is 2. The van der Waals surface area contributed by atoms with Gasteiger partial charge in [-0.3, -0.25) is 0 Å². The summed E-state index contributed by atoms with van der Waals surface area (Å²) in [6.45, 7) is 5.73. The minimum atomic E-state index is -0.368. The second-order valence-corrected chi connectivity index (χ2v) is 9.49. The van der Waals surface area contributed by atoms with Crippen LogP contribution in [0, 0.1) is 0 Å². The van der Waals surface area contributed by atoms with Gasteiger partial charge in [-0.2, -0.15) is 5.10 Å². The van der Waals surface area contributed by atoms with Gasteiger partial charge in [-0.05, 0) is 66.9 Å². The van der Waals surface area contributed by atoms with Crippen LogP contribution in [0.3, 0.4) is 0 Å². The maximum atomic E-state index is 6.53. The summed E-state index contributed by atoms with van der Waals surface area (Å²) in [6, 6.07) is 22.7. The first-order valence-corrected chi connectivity index (χ1v) is 13.4. The number of fused-ring (bicyclic) bond motifs is 3. The first-order chi connectivity index (χ1) is 18.2. The Morgan fingerprint density at radius 1 is 0.892 bits per heavy atom. The van der Waals surface area contributed by atoms with Crippen LogP contribution in [0.5, 0.6) is 23.0 Å². The summed E-state index contributed by atoms with van der Waals surface area (Å²) in [5.41, 5.74) is 4.28. The molecule has 2 heterocycles. The molecule has 0 saturated heterocycles. The summed E-state index contributed by atoms with van der Waals surface area (Å²) >= 11 is 0. The van der Waals surface area contributed by atoms with E-state index in [9.17, 15) is 0 Å². The van der Waals surface area contributed by atoms with Crippen LogP contribution in [0.2, 0.25) is 0 Å². The molecule has 0 radical (unpaired) electrons. The molecule has 3 aromatic rings. The molecule has 0 N–H and O–H groups in total. The van der Waals surface area contributed by atoms with Gasteiger partial charge in [0.25, 0.3) is 0 Å². The van der Waals surface area contributed by atoms with E-state index in [2.05, 4.69) is 49.2 Å². The summed E-state index contributed by atoms with van der Waals surface area (Å²) in [5, 5.41) is 7.19. The van der Waals surface area contributed by atoms with Gasteiger partial charge in [-0.1, -0.05) is 44.9 Å². The van der Waals surface area contributed by atoms with Crippen molar-refractivity contribution < 1.29 is 18.9 Å². The average molecular weight is 501 g/mol. The number of rotatable bonds is 11. The van der Waals surface area contributed by atoms with Crippen LogP contribution in [0.25, 0.3) is 0 Å². The van der Waals surface area contributed by atoms with Crippen LogP contribution < -0.4 is 18.9 Å². The van der Waals surface area contributed by atoms with Crippen molar-refractivity contribution in [2.75, 3.05) is 20.3 Å². The van der Waals surface area contributed by atoms with Crippen molar-refractivity contribution in [2.45, 2.75) is 58.2 Å². The Bertz CT molecular complexity index is 1220. The largest absolute Gasteiger partial charge is 0.494 e. The lowest BCUT2D eigenvalue weighted by Gasteiger charge is -2.38. The van der Waals surface area contributed by atoms with E-state index in [0.717, 1.165) is 78.4 Å². The number of hydrogen-bond acceptors (Lipinski definition) is 6. The second-order valence-electron chi connectivity index (χ2n) is 9.49. The van der Waals surface area contributed by atoms with E-state index in [1.807, 2.05) is 36.4 Å². The molecular weight excluding hydrogens is 464 g/mol. The number of ether oxygens (including phenoxy) is 4.